The molecule has 2 fully saturated rings. The third-order valence-corrected chi connectivity index (χ3v) is 5.30. The summed E-state index contributed by atoms with van der Waals surface area (Å²) in [7, 11) is 0. The zero-order valence-corrected chi connectivity index (χ0v) is 13.6. The molecule has 1 aliphatic heterocycles. The zero-order chi connectivity index (χ0) is 15.1. The highest BCUT2D eigenvalue weighted by Crippen LogP contribution is 2.36. The molecule has 1 aliphatic carbocycles. The van der Waals surface area contributed by atoms with Crippen LogP contribution in [0.25, 0.3) is 0 Å². The second kappa shape index (κ2) is 8.14. The number of likely N-dealkylation sites (tertiary alicyclic amines) is 1. The Kier molecular flexibility index (Phi) is 6.49. The molecule has 0 unspecified atom stereocenters. The first kappa shape index (κ1) is 16.8. The van der Waals surface area contributed by atoms with E-state index in [4.69, 9.17) is 10.5 Å². The zero-order valence-electron chi connectivity index (χ0n) is 13.6. The van der Waals surface area contributed by atoms with Gasteiger partial charge in [-0.2, -0.15) is 0 Å². The number of carbonyl (C=O) groups excluding carboxylic acids is 1. The highest BCUT2D eigenvalue weighted by atomic mass is 16.5. The Bertz CT molecular complexity index is 319. The third kappa shape index (κ3) is 4.68. The molecule has 0 radical (unpaired) electrons. The van der Waals surface area contributed by atoms with Crippen LogP contribution >= 0.6 is 0 Å². The van der Waals surface area contributed by atoms with Crippen molar-refractivity contribution in [3.8, 4) is 0 Å². The van der Waals surface area contributed by atoms with Crippen molar-refractivity contribution in [2.75, 3.05) is 26.2 Å². The Balaban J connectivity index is 1.78. The lowest BCUT2D eigenvalue weighted by Gasteiger charge is -2.39. The van der Waals surface area contributed by atoms with Gasteiger partial charge in [0.25, 0.3) is 0 Å². The smallest absolute Gasteiger partial charge is 0.248 e. The Morgan fingerprint density at radius 1 is 1.24 bits per heavy atom. The molecule has 1 amide bonds. The van der Waals surface area contributed by atoms with Crippen LogP contribution < -0.4 is 5.73 Å². The number of nitrogens with zero attached hydrogens (tertiary/aromatic N) is 1. The Hall–Kier alpha value is -0.610. The van der Waals surface area contributed by atoms with Gasteiger partial charge in [-0.3, -0.25) is 4.79 Å². The van der Waals surface area contributed by atoms with Crippen molar-refractivity contribution in [2.45, 2.75) is 70.3 Å². The quantitative estimate of drug-likeness (QED) is 0.820. The highest BCUT2D eigenvalue weighted by Gasteiger charge is 2.35. The van der Waals surface area contributed by atoms with Crippen molar-refractivity contribution in [1.29, 1.82) is 0 Å². The summed E-state index contributed by atoms with van der Waals surface area (Å²) in [5.41, 5.74) is 5.73. The molecule has 2 N–H and O–H groups in total. The number of hydrogen-bond donors (Lipinski definition) is 1. The van der Waals surface area contributed by atoms with Crippen LogP contribution in [0.2, 0.25) is 0 Å². The van der Waals surface area contributed by atoms with Crippen LogP contribution in [0.4, 0.5) is 0 Å². The molecule has 1 heterocycles. The summed E-state index contributed by atoms with van der Waals surface area (Å²) in [6.45, 7) is 4.81. The average Bonchev–Trinajstić information content (AvgIpc) is 2.55. The van der Waals surface area contributed by atoms with Gasteiger partial charge in [0.1, 0.15) is 6.61 Å². The standard InChI is InChI=1S/C17H32N2O2/c1-2-6-15-7-9-17(14-18,10-8-15)21-13-16(20)19-11-4-3-5-12-19/h15H,2-14,18H2,1H3. The van der Waals surface area contributed by atoms with Gasteiger partial charge in [0.15, 0.2) is 0 Å². The SMILES string of the molecule is CCCC1CCC(CN)(OCC(=O)N2CCCCC2)CC1. The molecular formula is C17H32N2O2. The van der Waals surface area contributed by atoms with Gasteiger partial charge < -0.3 is 15.4 Å². The second-order valence-corrected chi connectivity index (χ2v) is 6.85. The van der Waals surface area contributed by atoms with Crippen molar-refractivity contribution in [1.82, 2.24) is 4.90 Å². The van der Waals surface area contributed by atoms with Gasteiger partial charge in [0.2, 0.25) is 5.91 Å². The lowest BCUT2D eigenvalue weighted by molar-refractivity contribution is -0.147. The Morgan fingerprint density at radius 3 is 2.48 bits per heavy atom. The fraction of sp³-hybridized carbons (Fsp3) is 0.941. The molecule has 1 saturated carbocycles. The summed E-state index contributed by atoms with van der Waals surface area (Å²) >= 11 is 0. The van der Waals surface area contributed by atoms with Crippen LogP contribution in [-0.4, -0.2) is 42.6 Å². The minimum absolute atomic E-state index is 0.151. The summed E-state index contributed by atoms with van der Waals surface area (Å²) in [6.07, 6.45) is 10.5. The number of piperidine rings is 1. The summed E-state index contributed by atoms with van der Waals surface area (Å²) < 4.78 is 6.05. The first-order chi connectivity index (χ1) is 10.2. The van der Waals surface area contributed by atoms with E-state index in [1.54, 1.807) is 0 Å². The van der Waals surface area contributed by atoms with E-state index in [1.807, 2.05) is 4.90 Å². The molecule has 0 atom stereocenters. The molecule has 4 nitrogen and oxygen atoms in total. The number of ether oxygens (including phenoxy) is 1. The van der Waals surface area contributed by atoms with Gasteiger partial charge in [-0.05, 0) is 50.9 Å². The molecule has 0 bridgehead atoms. The van der Waals surface area contributed by atoms with E-state index in [-0.39, 0.29) is 18.1 Å². The monoisotopic (exact) mass is 296 g/mol. The van der Waals surface area contributed by atoms with Gasteiger partial charge in [-0.25, -0.2) is 0 Å². The molecule has 1 saturated heterocycles. The average molecular weight is 296 g/mol. The lowest BCUT2D eigenvalue weighted by atomic mass is 9.77. The number of hydrogen-bond acceptors (Lipinski definition) is 3. The molecule has 21 heavy (non-hydrogen) atoms. The van der Waals surface area contributed by atoms with Crippen LogP contribution in [0.5, 0.6) is 0 Å². The fourth-order valence-electron chi connectivity index (χ4n) is 3.76. The lowest BCUT2D eigenvalue weighted by Crippen LogP contribution is -2.47. The molecule has 122 valence electrons. The largest absolute Gasteiger partial charge is 0.364 e. The summed E-state index contributed by atoms with van der Waals surface area (Å²) in [6, 6.07) is 0. The van der Waals surface area contributed by atoms with Crippen LogP contribution in [0.15, 0.2) is 0 Å². The van der Waals surface area contributed by atoms with E-state index in [9.17, 15) is 4.79 Å². The fourth-order valence-corrected chi connectivity index (χ4v) is 3.76. The number of nitrogens with two attached hydrogens (primary N) is 1. The van der Waals surface area contributed by atoms with Crippen LogP contribution in [-0.2, 0) is 9.53 Å². The van der Waals surface area contributed by atoms with Crippen molar-refractivity contribution < 1.29 is 9.53 Å². The first-order valence-electron chi connectivity index (χ1n) is 8.81. The molecular weight excluding hydrogens is 264 g/mol. The van der Waals surface area contributed by atoms with Gasteiger partial charge in [0, 0.05) is 19.6 Å². The molecule has 2 rings (SSSR count). The predicted octanol–water partition coefficient (Wildman–Crippen LogP) is 2.70. The van der Waals surface area contributed by atoms with E-state index < -0.39 is 0 Å². The van der Waals surface area contributed by atoms with E-state index >= 15 is 0 Å². The van der Waals surface area contributed by atoms with Crippen molar-refractivity contribution in [2.24, 2.45) is 11.7 Å². The third-order valence-electron chi connectivity index (χ3n) is 5.30. The number of carbonyl (C=O) groups is 1. The van der Waals surface area contributed by atoms with Crippen molar-refractivity contribution >= 4 is 5.91 Å². The maximum atomic E-state index is 12.2. The second-order valence-electron chi connectivity index (χ2n) is 6.85. The topological polar surface area (TPSA) is 55.6 Å². The van der Waals surface area contributed by atoms with E-state index in [0.29, 0.717) is 6.54 Å². The van der Waals surface area contributed by atoms with Gasteiger partial charge in [0.05, 0.1) is 5.60 Å². The number of amides is 1. The van der Waals surface area contributed by atoms with E-state index in [1.165, 1.54) is 32.1 Å². The Labute approximate surface area is 129 Å². The van der Waals surface area contributed by atoms with Gasteiger partial charge in [-0.15, -0.1) is 0 Å². The molecule has 0 aromatic carbocycles. The Morgan fingerprint density at radius 2 is 1.90 bits per heavy atom. The van der Waals surface area contributed by atoms with Crippen LogP contribution in [0.1, 0.15) is 64.7 Å². The normalized spacial score (nSPS) is 30.4. The van der Waals surface area contributed by atoms with Crippen LogP contribution in [0.3, 0.4) is 0 Å². The minimum atomic E-state index is -0.240. The summed E-state index contributed by atoms with van der Waals surface area (Å²) in [4.78, 5) is 14.2. The first-order valence-corrected chi connectivity index (χ1v) is 8.81. The molecule has 2 aliphatic rings. The highest BCUT2D eigenvalue weighted by molar-refractivity contribution is 5.77. The maximum Gasteiger partial charge on any atom is 0.248 e. The molecule has 0 aromatic rings. The molecule has 4 heteroatoms. The van der Waals surface area contributed by atoms with E-state index in [0.717, 1.165) is 44.7 Å². The number of rotatable bonds is 6. The van der Waals surface area contributed by atoms with Crippen molar-refractivity contribution in [3.63, 3.8) is 0 Å². The van der Waals surface area contributed by atoms with E-state index in [2.05, 4.69) is 6.92 Å². The van der Waals surface area contributed by atoms with Gasteiger partial charge in [-0.1, -0.05) is 19.8 Å². The van der Waals surface area contributed by atoms with Gasteiger partial charge >= 0.3 is 0 Å². The minimum Gasteiger partial charge on any atom is -0.364 e. The van der Waals surface area contributed by atoms with Crippen LogP contribution in [0, 0.1) is 5.92 Å². The predicted molar refractivity (Wildman–Crippen MR) is 85.0 cm³/mol. The maximum absolute atomic E-state index is 12.2. The molecule has 0 aromatic heterocycles. The molecule has 0 spiro atoms. The summed E-state index contributed by atoms with van der Waals surface area (Å²) in [5.74, 6) is 0.981. The van der Waals surface area contributed by atoms with Crippen molar-refractivity contribution in [3.05, 3.63) is 0 Å². The summed E-state index contributed by atoms with van der Waals surface area (Å²) in [5, 5.41) is 0.